The summed E-state index contributed by atoms with van der Waals surface area (Å²) in [6.07, 6.45) is 0. The summed E-state index contributed by atoms with van der Waals surface area (Å²) in [4.78, 5) is 37.1. The predicted octanol–water partition coefficient (Wildman–Crippen LogP) is 4.89. The second-order valence-corrected chi connectivity index (χ2v) is 9.44. The number of rotatable bonds is 10. The molecule has 0 aliphatic rings. The number of hydrogen-bond donors (Lipinski definition) is 1. The van der Waals surface area contributed by atoms with Crippen molar-refractivity contribution < 1.29 is 28.3 Å². The van der Waals surface area contributed by atoms with Crippen molar-refractivity contribution in [2.75, 3.05) is 17.7 Å². The molecule has 3 aromatic rings. The smallest absolute Gasteiger partial charge is 0.341 e. The molecule has 0 spiro atoms. The van der Waals surface area contributed by atoms with Crippen LogP contribution in [0.25, 0.3) is 0 Å². The molecule has 12 heteroatoms. The van der Waals surface area contributed by atoms with Crippen LogP contribution in [0.5, 0.6) is 5.75 Å². The fourth-order valence-electron chi connectivity index (χ4n) is 2.71. The topological polar surface area (TPSA) is 121 Å². The second-order valence-electron chi connectivity index (χ2n) is 6.58. The van der Waals surface area contributed by atoms with Gasteiger partial charge in [-0.3, -0.25) is 9.59 Å². The third-order valence-corrected chi connectivity index (χ3v) is 6.81. The number of nitrogens with one attached hydrogen (secondary N) is 1. The number of esters is 1. The van der Waals surface area contributed by atoms with Gasteiger partial charge >= 0.3 is 5.97 Å². The van der Waals surface area contributed by atoms with E-state index in [0.29, 0.717) is 16.2 Å². The van der Waals surface area contributed by atoms with Crippen molar-refractivity contribution in [3.8, 4) is 5.75 Å². The first-order valence-corrected chi connectivity index (χ1v) is 12.3. The number of carbonyl (C=O) groups excluding carboxylic acids is 3. The minimum absolute atomic E-state index is 0.0379. The number of anilines is 1. The van der Waals surface area contributed by atoms with Gasteiger partial charge in [0.2, 0.25) is 5.91 Å². The molecule has 0 unspecified atom stereocenters. The van der Waals surface area contributed by atoms with E-state index in [1.807, 2.05) is 12.1 Å². The fraction of sp³-hybridized carbons (Fsp3) is 0.286. The number of Topliss-reactive ketones (excluding diaryl/α,β-unsaturated/α-hetero) is 1. The molecule has 33 heavy (non-hydrogen) atoms. The Morgan fingerprint density at radius 2 is 1.94 bits per heavy atom. The average Bonchev–Trinajstić information content (AvgIpc) is 3.36. The zero-order valence-electron chi connectivity index (χ0n) is 18.0. The molecule has 0 aliphatic heterocycles. The van der Waals surface area contributed by atoms with Gasteiger partial charge in [-0.2, -0.15) is 0 Å². The Morgan fingerprint density at radius 3 is 2.61 bits per heavy atom. The quantitative estimate of drug-likeness (QED) is 0.212. The highest BCUT2D eigenvalue weighted by Crippen LogP contribution is 2.34. The summed E-state index contributed by atoms with van der Waals surface area (Å²) < 4.78 is 17.1. The number of carbonyl (C=O) groups is 3. The maximum Gasteiger partial charge on any atom is 0.341 e. The number of benzene rings is 1. The number of hydrogen-bond acceptors (Lipinski definition) is 10. The third-order valence-electron chi connectivity index (χ3n) is 4.15. The van der Waals surface area contributed by atoms with E-state index in [1.54, 1.807) is 26.0 Å². The number of ether oxygens (including phenoxy) is 2. The normalized spacial score (nSPS) is 10.7. The zero-order chi connectivity index (χ0) is 24.0. The first kappa shape index (κ1) is 24.9. The molecule has 0 atom stereocenters. The number of amides is 1. The van der Waals surface area contributed by atoms with Crippen molar-refractivity contribution in [2.24, 2.45) is 0 Å². The van der Waals surface area contributed by atoms with E-state index in [1.165, 1.54) is 6.92 Å². The van der Waals surface area contributed by atoms with Crippen LogP contribution in [0.15, 0.2) is 38.4 Å². The number of halogens is 1. The van der Waals surface area contributed by atoms with Gasteiger partial charge in [-0.15, -0.1) is 21.5 Å². The average molecular weight is 554 g/mol. The Balaban J connectivity index is 1.58. The molecule has 1 aromatic carbocycles. The molecular formula is C21H20BrN3O6S2. The second kappa shape index (κ2) is 11.4. The molecule has 174 valence electrons. The first-order chi connectivity index (χ1) is 15.8. The molecular weight excluding hydrogens is 534 g/mol. The van der Waals surface area contributed by atoms with Crippen molar-refractivity contribution in [3.05, 3.63) is 50.6 Å². The number of thioether (sulfide) groups is 1. The highest BCUT2D eigenvalue weighted by Gasteiger charge is 2.25. The van der Waals surface area contributed by atoms with Gasteiger partial charge in [0.15, 0.2) is 12.4 Å². The van der Waals surface area contributed by atoms with E-state index in [2.05, 4.69) is 31.4 Å². The van der Waals surface area contributed by atoms with E-state index in [9.17, 15) is 14.4 Å². The predicted molar refractivity (Wildman–Crippen MR) is 127 cm³/mol. The van der Waals surface area contributed by atoms with Gasteiger partial charge in [-0.1, -0.05) is 27.7 Å². The summed E-state index contributed by atoms with van der Waals surface area (Å²) in [5.74, 6) is -0.295. The van der Waals surface area contributed by atoms with E-state index < -0.39 is 11.9 Å². The van der Waals surface area contributed by atoms with Gasteiger partial charge in [0, 0.05) is 4.47 Å². The zero-order valence-corrected chi connectivity index (χ0v) is 21.2. The van der Waals surface area contributed by atoms with Crippen molar-refractivity contribution in [2.45, 2.75) is 32.6 Å². The van der Waals surface area contributed by atoms with Gasteiger partial charge in [-0.25, -0.2) is 4.79 Å². The van der Waals surface area contributed by atoms with Gasteiger partial charge in [0.25, 0.3) is 11.1 Å². The summed E-state index contributed by atoms with van der Waals surface area (Å²) in [5.41, 5.74) is 0.678. The van der Waals surface area contributed by atoms with Crippen LogP contribution in [-0.4, -0.2) is 40.2 Å². The maximum absolute atomic E-state index is 12.5. The first-order valence-electron chi connectivity index (χ1n) is 9.73. The molecule has 2 heterocycles. The molecule has 0 saturated heterocycles. The summed E-state index contributed by atoms with van der Waals surface area (Å²) in [6.45, 7) is 5.01. The Bertz CT molecular complexity index is 1160. The van der Waals surface area contributed by atoms with Crippen molar-refractivity contribution in [1.29, 1.82) is 0 Å². The molecule has 0 fully saturated rings. The Morgan fingerprint density at radius 1 is 1.21 bits per heavy atom. The fourth-order valence-corrected chi connectivity index (χ4v) is 4.66. The molecule has 9 nitrogen and oxygen atoms in total. The van der Waals surface area contributed by atoms with Crippen LogP contribution in [0.4, 0.5) is 5.00 Å². The van der Waals surface area contributed by atoms with Crippen LogP contribution < -0.4 is 10.1 Å². The SMILES string of the molecule is CCOC(=O)c1c(NC(=O)CSc2nnc(COc3ccc(Br)cc3)o2)sc(C(C)=O)c1C. The van der Waals surface area contributed by atoms with E-state index in [0.717, 1.165) is 27.6 Å². The van der Waals surface area contributed by atoms with Crippen molar-refractivity contribution >= 4 is 61.7 Å². The summed E-state index contributed by atoms with van der Waals surface area (Å²) in [5, 5.41) is 11.0. The monoisotopic (exact) mass is 553 g/mol. The maximum atomic E-state index is 12.5. The van der Waals surface area contributed by atoms with Gasteiger partial charge in [0.05, 0.1) is 22.8 Å². The van der Waals surface area contributed by atoms with Crippen LogP contribution in [-0.2, 0) is 16.1 Å². The molecule has 0 bridgehead atoms. The Labute approximate surface area is 206 Å². The largest absolute Gasteiger partial charge is 0.484 e. The molecule has 1 amide bonds. The molecule has 2 aromatic heterocycles. The summed E-state index contributed by atoms with van der Waals surface area (Å²) in [6, 6.07) is 7.30. The highest BCUT2D eigenvalue weighted by molar-refractivity contribution is 9.10. The van der Waals surface area contributed by atoms with Crippen molar-refractivity contribution in [3.63, 3.8) is 0 Å². The highest BCUT2D eigenvalue weighted by atomic mass is 79.9. The molecule has 0 saturated carbocycles. The van der Waals surface area contributed by atoms with E-state index in [-0.39, 0.29) is 46.4 Å². The van der Waals surface area contributed by atoms with E-state index >= 15 is 0 Å². The van der Waals surface area contributed by atoms with Crippen molar-refractivity contribution in [1.82, 2.24) is 10.2 Å². The lowest BCUT2D eigenvalue weighted by molar-refractivity contribution is -0.113. The number of ketones is 1. The lowest BCUT2D eigenvalue weighted by Crippen LogP contribution is -2.16. The Hall–Kier alpha value is -2.70. The van der Waals surface area contributed by atoms with Gasteiger partial charge < -0.3 is 19.2 Å². The molecule has 1 N–H and O–H groups in total. The van der Waals surface area contributed by atoms with Crippen LogP contribution in [0.2, 0.25) is 0 Å². The Kier molecular flexibility index (Phi) is 8.64. The third kappa shape index (κ3) is 6.65. The number of nitrogens with zero attached hydrogens (tertiary/aromatic N) is 2. The van der Waals surface area contributed by atoms with Gasteiger partial charge in [0.1, 0.15) is 10.8 Å². The summed E-state index contributed by atoms with van der Waals surface area (Å²) >= 11 is 5.44. The number of aromatic nitrogens is 2. The van der Waals surface area contributed by atoms with Crippen LogP contribution in [0.1, 0.15) is 45.3 Å². The number of thiophene rings is 1. The van der Waals surface area contributed by atoms with Crippen LogP contribution >= 0.6 is 39.0 Å². The molecule has 3 rings (SSSR count). The van der Waals surface area contributed by atoms with E-state index in [4.69, 9.17) is 13.9 Å². The van der Waals surface area contributed by atoms with Crippen LogP contribution in [0.3, 0.4) is 0 Å². The standard InChI is InChI=1S/C21H20BrN3O6S2/c1-4-29-20(28)17-11(2)18(12(3)26)33-19(17)23-15(27)10-32-21-25-24-16(31-21)9-30-14-7-5-13(22)6-8-14/h5-8H,4,9-10H2,1-3H3,(H,23,27). The molecule has 0 aliphatic carbocycles. The van der Waals surface area contributed by atoms with Crippen LogP contribution in [0, 0.1) is 6.92 Å². The minimum atomic E-state index is -0.589. The van der Waals surface area contributed by atoms with Gasteiger partial charge in [-0.05, 0) is 50.6 Å². The lowest BCUT2D eigenvalue weighted by Gasteiger charge is -2.06. The molecule has 0 radical (unpaired) electrons. The lowest BCUT2D eigenvalue weighted by atomic mass is 10.1. The minimum Gasteiger partial charge on any atom is -0.484 e. The summed E-state index contributed by atoms with van der Waals surface area (Å²) in [7, 11) is 0.